The van der Waals surface area contributed by atoms with Crippen LogP contribution in [0.5, 0.6) is 0 Å². The molecule has 0 amide bonds. The lowest BCUT2D eigenvalue weighted by Gasteiger charge is -2.21. The SMILES string of the molecule is CCCCNC(=NCC(C)(O)c1ccsc1)NCC. The highest BCUT2D eigenvalue weighted by Crippen LogP contribution is 2.23. The normalized spacial score (nSPS) is 15.1. The quantitative estimate of drug-likeness (QED) is 0.409. The molecule has 0 saturated heterocycles. The Balaban J connectivity index is 2.58. The van der Waals surface area contributed by atoms with Gasteiger partial charge in [0.15, 0.2) is 5.96 Å². The van der Waals surface area contributed by atoms with Gasteiger partial charge in [0.2, 0.25) is 0 Å². The van der Waals surface area contributed by atoms with E-state index in [1.807, 2.05) is 23.8 Å². The Morgan fingerprint density at radius 1 is 1.42 bits per heavy atom. The minimum absolute atomic E-state index is 0.352. The molecule has 108 valence electrons. The maximum Gasteiger partial charge on any atom is 0.191 e. The molecule has 0 aliphatic rings. The molecule has 5 heteroatoms. The topological polar surface area (TPSA) is 56.7 Å². The van der Waals surface area contributed by atoms with Gasteiger partial charge in [-0.15, -0.1) is 0 Å². The molecule has 0 radical (unpaired) electrons. The third kappa shape index (κ3) is 5.61. The van der Waals surface area contributed by atoms with E-state index in [4.69, 9.17) is 0 Å². The number of guanidine groups is 1. The summed E-state index contributed by atoms with van der Waals surface area (Å²) in [5.41, 5.74) is 0.0123. The van der Waals surface area contributed by atoms with Gasteiger partial charge in [-0.25, -0.2) is 4.99 Å². The van der Waals surface area contributed by atoms with E-state index in [0.717, 1.165) is 37.5 Å². The second-order valence-electron chi connectivity index (χ2n) is 4.76. The van der Waals surface area contributed by atoms with Crippen molar-refractivity contribution in [2.24, 2.45) is 4.99 Å². The van der Waals surface area contributed by atoms with Crippen LogP contribution in [-0.4, -0.2) is 30.7 Å². The second kappa shape index (κ2) is 8.17. The van der Waals surface area contributed by atoms with E-state index in [9.17, 15) is 5.11 Å². The van der Waals surface area contributed by atoms with Crippen LogP contribution >= 0.6 is 11.3 Å². The summed E-state index contributed by atoms with van der Waals surface area (Å²) in [6, 6.07) is 1.94. The van der Waals surface area contributed by atoms with Crippen LogP contribution in [0.3, 0.4) is 0 Å². The molecule has 1 rings (SSSR count). The standard InChI is InChI=1S/C14H25N3OS/c1-4-6-8-16-13(15-5-2)17-11-14(3,18)12-7-9-19-10-12/h7,9-10,18H,4-6,8,11H2,1-3H3,(H2,15,16,17). The van der Waals surface area contributed by atoms with Gasteiger partial charge in [0.1, 0.15) is 5.60 Å². The van der Waals surface area contributed by atoms with E-state index in [1.165, 1.54) is 0 Å². The fourth-order valence-corrected chi connectivity index (χ4v) is 2.40. The van der Waals surface area contributed by atoms with E-state index < -0.39 is 5.60 Å². The number of rotatable bonds is 7. The van der Waals surface area contributed by atoms with Crippen molar-refractivity contribution in [1.29, 1.82) is 0 Å². The van der Waals surface area contributed by atoms with Gasteiger partial charge in [0, 0.05) is 13.1 Å². The molecule has 0 aromatic carbocycles. The monoisotopic (exact) mass is 283 g/mol. The van der Waals surface area contributed by atoms with Gasteiger partial charge in [0.25, 0.3) is 0 Å². The first-order chi connectivity index (χ1) is 9.10. The van der Waals surface area contributed by atoms with Crippen molar-refractivity contribution in [3.05, 3.63) is 22.4 Å². The summed E-state index contributed by atoms with van der Waals surface area (Å²) in [5, 5.41) is 20.8. The number of aliphatic imine (C=N–C) groups is 1. The molecule has 19 heavy (non-hydrogen) atoms. The number of thiophene rings is 1. The lowest BCUT2D eigenvalue weighted by atomic mass is 10.00. The Morgan fingerprint density at radius 2 is 2.21 bits per heavy atom. The van der Waals surface area contributed by atoms with Gasteiger partial charge in [-0.3, -0.25) is 0 Å². The molecule has 4 nitrogen and oxygen atoms in total. The Labute approximate surface area is 120 Å². The van der Waals surface area contributed by atoms with Gasteiger partial charge in [-0.2, -0.15) is 11.3 Å². The molecular weight excluding hydrogens is 258 g/mol. The molecule has 1 unspecified atom stereocenters. The molecule has 0 spiro atoms. The molecule has 0 fully saturated rings. The summed E-state index contributed by atoms with van der Waals surface area (Å²) in [7, 11) is 0. The maximum absolute atomic E-state index is 10.4. The van der Waals surface area contributed by atoms with Gasteiger partial charge in [0.05, 0.1) is 6.54 Å². The highest BCUT2D eigenvalue weighted by molar-refractivity contribution is 7.08. The van der Waals surface area contributed by atoms with Crippen LogP contribution in [0.2, 0.25) is 0 Å². The fourth-order valence-electron chi connectivity index (χ4n) is 1.62. The Kier molecular flexibility index (Phi) is 6.87. The third-order valence-electron chi connectivity index (χ3n) is 2.86. The largest absolute Gasteiger partial charge is 0.383 e. The summed E-state index contributed by atoms with van der Waals surface area (Å²) in [6.07, 6.45) is 2.27. The van der Waals surface area contributed by atoms with E-state index in [1.54, 1.807) is 18.3 Å². The number of hydrogen-bond donors (Lipinski definition) is 3. The Morgan fingerprint density at radius 3 is 2.79 bits per heavy atom. The first-order valence-electron chi connectivity index (χ1n) is 6.87. The van der Waals surface area contributed by atoms with Gasteiger partial charge in [-0.05, 0) is 42.7 Å². The van der Waals surface area contributed by atoms with Gasteiger partial charge < -0.3 is 15.7 Å². The van der Waals surface area contributed by atoms with Crippen LogP contribution in [0.25, 0.3) is 0 Å². The summed E-state index contributed by atoms with van der Waals surface area (Å²) in [4.78, 5) is 4.46. The van der Waals surface area contributed by atoms with Crippen molar-refractivity contribution in [3.8, 4) is 0 Å². The minimum Gasteiger partial charge on any atom is -0.383 e. The van der Waals surface area contributed by atoms with Crippen LogP contribution in [0.15, 0.2) is 21.8 Å². The molecule has 1 atom stereocenters. The Hall–Kier alpha value is -1.07. The average molecular weight is 283 g/mol. The number of unbranched alkanes of at least 4 members (excludes halogenated alkanes) is 1. The van der Waals surface area contributed by atoms with E-state index in [0.29, 0.717) is 6.54 Å². The van der Waals surface area contributed by atoms with Crippen molar-refractivity contribution < 1.29 is 5.11 Å². The summed E-state index contributed by atoms with van der Waals surface area (Å²) < 4.78 is 0. The Bertz CT molecular complexity index is 374. The van der Waals surface area contributed by atoms with Crippen molar-refractivity contribution in [2.75, 3.05) is 19.6 Å². The highest BCUT2D eigenvalue weighted by atomic mass is 32.1. The van der Waals surface area contributed by atoms with Crippen LogP contribution in [-0.2, 0) is 5.60 Å². The van der Waals surface area contributed by atoms with Crippen LogP contribution in [0, 0.1) is 0 Å². The van der Waals surface area contributed by atoms with Crippen LogP contribution < -0.4 is 10.6 Å². The molecule has 1 aromatic rings. The first-order valence-corrected chi connectivity index (χ1v) is 7.81. The zero-order valence-electron chi connectivity index (χ0n) is 12.1. The van der Waals surface area contributed by atoms with E-state index in [2.05, 4.69) is 22.5 Å². The molecule has 0 bridgehead atoms. The van der Waals surface area contributed by atoms with Crippen LogP contribution in [0.1, 0.15) is 39.2 Å². The molecule has 3 N–H and O–H groups in total. The van der Waals surface area contributed by atoms with Crippen molar-refractivity contribution in [2.45, 2.75) is 39.2 Å². The molecule has 0 saturated carbocycles. The van der Waals surface area contributed by atoms with Crippen molar-refractivity contribution >= 4 is 17.3 Å². The molecule has 0 aliphatic carbocycles. The summed E-state index contributed by atoms with van der Waals surface area (Å²) >= 11 is 1.59. The lowest BCUT2D eigenvalue weighted by Crippen LogP contribution is -2.39. The van der Waals surface area contributed by atoms with E-state index >= 15 is 0 Å². The minimum atomic E-state index is -0.910. The molecule has 1 aromatic heterocycles. The second-order valence-corrected chi connectivity index (χ2v) is 5.54. The molecule has 0 aliphatic heterocycles. The maximum atomic E-state index is 10.4. The smallest absolute Gasteiger partial charge is 0.191 e. The third-order valence-corrected chi connectivity index (χ3v) is 3.54. The van der Waals surface area contributed by atoms with E-state index in [-0.39, 0.29) is 0 Å². The number of hydrogen-bond acceptors (Lipinski definition) is 3. The van der Waals surface area contributed by atoms with Crippen molar-refractivity contribution in [1.82, 2.24) is 10.6 Å². The number of nitrogens with one attached hydrogen (secondary N) is 2. The first kappa shape index (κ1) is 16.0. The highest BCUT2D eigenvalue weighted by Gasteiger charge is 2.23. The van der Waals surface area contributed by atoms with Crippen LogP contribution in [0.4, 0.5) is 0 Å². The zero-order valence-corrected chi connectivity index (χ0v) is 12.9. The molecular formula is C14H25N3OS. The molecule has 1 heterocycles. The lowest BCUT2D eigenvalue weighted by molar-refractivity contribution is 0.0677. The predicted octanol–water partition coefficient (Wildman–Crippen LogP) is 2.31. The van der Waals surface area contributed by atoms with Crippen molar-refractivity contribution in [3.63, 3.8) is 0 Å². The summed E-state index contributed by atoms with van der Waals surface area (Å²) in [5.74, 6) is 0.770. The zero-order chi connectivity index (χ0) is 14.1. The van der Waals surface area contributed by atoms with Gasteiger partial charge in [-0.1, -0.05) is 13.3 Å². The number of aliphatic hydroxyl groups is 1. The predicted molar refractivity (Wildman–Crippen MR) is 82.8 cm³/mol. The van der Waals surface area contributed by atoms with Gasteiger partial charge >= 0.3 is 0 Å². The summed E-state index contributed by atoms with van der Waals surface area (Å²) in [6.45, 7) is 8.07. The number of nitrogens with zero attached hydrogens (tertiary/aromatic N) is 1. The average Bonchev–Trinajstić information content (AvgIpc) is 2.91. The fraction of sp³-hybridized carbons (Fsp3) is 0.643.